The quantitative estimate of drug-likeness (QED) is 0.594. The van der Waals surface area contributed by atoms with E-state index in [0.717, 1.165) is 0 Å². The maximum Gasteiger partial charge on any atom is 0.261 e. The van der Waals surface area contributed by atoms with E-state index in [-0.39, 0.29) is 11.3 Å². The van der Waals surface area contributed by atoms with Crippen molar-refractivity contribution in [2.75, 3.05) is 0 Å². The topological polar surface area (TPSA) is 55.1 Å². The number of benzene rings is 1. The Morgan fingerprint density at radius 2 is 2.00 bits per heavy atom. The van der Waals surface area contributed by atoms with E-state index in [0.29, 0.717) is 35.3 Å². The zero-order chi connectivity index (χ0) is 14.5. The van der Waals surface area contributed by atoms with E-state index in [1.807, 2.05) is 0 Å². The molecule has 1 aliphatic heterocycles. The van der Waals surface area contributed by atoms with Crippen molar-refractivity contribution < 1.29 is 5.11 Å². The molecule has 0 atom stereocenters. The zero-order valence-corrected chi connectivity index (χ0v) is 12.4. The molecule has 20 heavy (non-hydrogen) atoms. The first-order chi connectivity index (χ1) is 9.39. The van der Waals surface area contributed by atoms with E-state index >= 15 is 0 Å². The summed E-state index contributed by atoms with van der Waals surface area (Å²) in [5, 5.41) is 10.6. The number of para-hydroxylation sites is 1. The van der Waals surface area contributed by atoms with Crippen LogP contribution in [0.15, 0.2) is 34.8 Å². The molecule has 0 fully saturated rings. The number of hydrogen-bond acceptors (Lipinski definition) is 3. The van der Waals surface area contributed by atoms with Crippen molar-refractivity contribution in [1.82, 2.24) is 9.55 Å². The van der Waals surface area contributed by atoms with Crippen molar-refractivity contribution in [1.29, 1.82) is 0 Å². The summed E-state index contributed by atoms with van der Waals surface area (Å²) in [6.07, 6.45) is 0.401. The van der Waals surface area contributed by atoms with Gasteiger partial charge in [0.25, 0.3) is 5.56 Å². The number of fused-ring (bicyclic) bond motifs is 2. The molecule has 0 saturated carbocycles. The minimum Gasteiger partial charge on any atom is -0.507 e. The molecule has 1 N–H and O–H groups in total. The first-order valence-corrected chi connectivity index (χ1v) is 7.02. The Balaban J connectivity index is 2.33. The number of rotatable bonds is 0. The van der Waals surface area contributed by atoms with Crippen molar-refractivity contribution in [2.24, 2.45) is 0 Å². The lowest BCUT2D eigenvalue weighted by Gasteiger charge is -2.13. The van der Waals surface area contributed by atoms with Gasteiger partial charge in [-0.15, -0.1) is 0 Å². The summed E-state index contributed by atoms with van der Waals surface area (Å²) in [6, 6.07) is 7.02. The van der Waals surface area contributed by atoms with Gasteiger partial charge in [-0.3, -0.25) is 9.36 Å². The minimum absolute atomic E-state index is 0.155. The van der Waals surface area contributed by atoms with Gasteiger partial charge in [-0.2, -0.15) is 0 Å². The third-order valence-corrected chi connectivity index (χ3v) is 3.81. The van der Waals surface area contributed by atoms with Gasteiger partial charge < -0.3 is 5.11 Å². The van der Waals surface area contributed by atoms with Crippen molar-refractivity contribution in [3.63, 3.8) is 0 Å². The lowest BCUT2D eigenvalue weighted by Crippen LogP contribution is -2.21. The van der Waals surface area contributed by atoms with Gasteiger partial charge in [0.2, 0.25) is 3.79 Å². The maximum absolute atomic E-state index is 12.4. The average Bonchev–Trinajstić information content (AvgIpc) is 2.81. The second kappa shape index (κ2) is 4.65. The molecule has 0 radical (unpaired) electrons. The lowest BCUT2D eigenvalue weighted by molar-refractivity contribution is 0.403. The number of alkyl halides is 3. The zero-order valence-electron chi connectivity index (χ0n) is 10.1. The van der Waals surface area contributed by atoms with Gasteiger partial charge in [0.1, 0.15) is 5.82 Å². The summed E-state index contributed by atoms with van der Waals surface area (Å²) in [4.78, 5) is 16.8. The molecule has 0 bridgehead atoms. The van der Waals surface area contributed by atoms with E-state index < -0.39 is 3.79 Å². The lowest BCUT2D eigenvalue weighted by atomic mass is 10.2. The Hall–Kier alpha value is -1.23. The second-order valence-electron chi connectivity index (χ2n) is 4.48. The maximum atomic E-state index is 12.4. The highest BCUT2D eigenvalue weighted by atomic mass is 35.6. The van der Waals surface area contributed by atoms with Gasteiger partial charge in [-0.05, 0) is 18.6 Å². The van der Waals surface area contributed by atoms with Gasteiger partial charge in [0.05, 0.1) is 10.9 Å². The number of aliphatic hydroxyl groups is 1. The predicted molar refractivity (Wildman–Crippen MR) is 80.5 cm³/mol. The highest BCUT2D eigenvalue weighted by molar-refractivity contribution is 6.69. The SMILES string of the molecule is O=c1c2ccccc2nc2n1CC/C2=C(/O)C(Cl)(Cl)Cl. The van der Waals surface area contributed by atoms with Crippen LogP contribution in [-0.4, -0.2) is 18.5 Å². The van der Waals surface area contributed by atoms with E-state index in [2.05, 4.69) is 4.98 Å². The average molecular weight is 332 g/mol. The Morgan fingerprint density at radius 3 is 2.70 bits per heavy atom. The standard InChI is InChI=1S/C13H9Cl3N2O2/c14-13(15,16)10(19)8-5-6-18-11(8)17-9-4-2-1-3-7(9)12(18)20/h1-4,19H,5-6H2/b10-8-. The van der Waals surface area contributed by atoms with Crippen molar-refractivity contribution in [2.45, 2.75) is 16.8 Å². The summed E-state index contributed by atoms with van der Waals surface area (Å²) in [6.45, 7) is 0.409. The third kappa shape index (κ3) is 2.08. The fourth-order valence-electron chi connectivity index (χ4n) is 2.34. The molecule has 4 nitrogen and oxygen atoms in total. The molecule has 0 spiro atoms. The van der Waals surface area contributed by atoms with E-state index in [9.17, 15) is 9.90 Å². The van der Waals surface area contributed by atoms with Crippen LogP contribution in [0.2, 0.25) is 0 Å². The number of halogens is 3. The molecule has 0 unspecified atom stereocenters. The van der Waals surface area contributed by atoms with Crippen LogP contribution in [0.3, 0.4) is 0 Å². The summed E-state index contributed by atoms with van der Waals surface area (Å²) < 4.78 is -0.432. The van der Waals surface area contributed by atoms with Gasteiger partial charge in [0, 0.05) is 12.1 Å². The number of aromatic nitrogens is 2. The molecule has 0 saturated heterocycles. The van der Waals surface area contributed by atoms with Crippen LogP contribution in [0, 0.1) is 0 Å². The molecule has 1 aromatic heterocycles. The molecule has 3 rings (SSSR count). The predicted octanol–water partition coefficient (Wildman–Crippen LogP) is 3.44. The van der Waals surface area contributed by atoms with E-state index in [1.165, 1.54) is 4.57 Å². The van der Waals surface area contributed by atoms with Crippen LogP contribution >= 0.6 is 34.8 Å². The van der Waals surface area contributed by atoms with Crippen LogP contribution in [-0.2, 0) is 6.54 Å². The Bertz CT molecular complexity index is 790. The molecule has 0 aliphatic carbocycles. The number of hydrogen-bond donors (Lipinski definition) is 1. The van der Waals surface area contributed by atoms with Crippen LogP contribution in [0.25, 0.3) is 16.5 Å². The molecule has 0 amide bonds. The smallest absolute Gasteiger partial charge is 0.261 e. The van der Waals surface area contributed by atoms with Gasteiger partial charge >= 0.3 is 0 Å². The number of nitrogens with zero attached hydrogens (tertiary/aromatic N) is 2. The van der Waals surface area contributed by atoms with E-state index in [1.54, 1.807) is 24.3 Å². The second-order valence-corrected chi connectivity index (χ2v) is 6.77. The molecular formula is C13H9Cl3N2O2. The first-order valence-electron chi connectivity index (χ1n) is 5.89. The van der Waals surface area contributed by atoms with Gasteiger partial charge in [-0.25, -0.2) is 4.98 Å². The molecule has 1 aliphatic rings. The molecule has 104 valence electrons. The molecule has 2 heterocycles. The van der Waals surface area contributed by atoms with Gasteiger partial charge in [0.15, 0.2) is 5.76 Å². The van der Waals surface area contributed by atoms with Crippen LogP contribution < -0.4 is 5.56 Å². The fourth-order valence-corrected chi connectivity index (χ4v) is 2.68. The van der Waals surface area contributed by atoms with Crippen LogP contribution in [0.5, 0.6) is 0 Å². The van der Waals surface area contributed by atoms with Crippen LogP contribution in [0.1, 0.15) is 12.2 Å². The van der Waals surface area contributed by atoms with E-state index in [4.69, 9.17) is 34.8 Å². The third-order valence-electron chi connectivity index (χ3n) is 3.27. The Labute approximate surface area is 129 Å². The molecular weight excluding hydrogens is 323 g/mol. The fraction of sp³-hybridized carbons (Fsp3) is 0.231. The van der Waals surface area contributed by atoms with Crippen molar-refractivity contribution >= 4 is 51.3 Å². The number of aliphatic hydroxyl groups excluding tert-OH is 1. The first kappa shape index (κ1) is 13.7. The highest BCUT2D eigenvalue weighted by Gasteiger charge is 2.33. The van der Waals surface area contributed by atoms with Crippen LogP contribution in [0.4, 0.5) is 0 Å². The Kier molecular flexibility index (Phi) is 3.20. The molecule has 1 aromatic carbocycles. The van der Waals surface area contributed by atoms with Crippen molar-refractivity contribution in [3.8, 4) is 0 Å². The normalized spacial score (nSPS) is 17.4. The summed E-state index contributed by atoms with van der Waals surface area (Å²) in [5.74, 6) is -0.0199. The Morgan fingerprint density at radius 1 is 1.30 bits per heavy atom. The highest BCUT2D eigenvalue weighted by Crippen LogP contribution is 2.39. The molecule has 7 heteroatoms. The largest absolute Gasteiger partial charge is 0.507 e. The van der Waals surface area contributed by atoms with Gasteiger partial charge in [-0.1, -0.05) is 46.9 Å². The number of allylic oxidation sites excluding steroid dienone is 2. The summed E-state index contributed by atoms with van der Waals surface area (Å²) in [5.41, 5.74) is 0.797. The monoisotopic (exact) mass is 330 g/mol. The summed E-state index contributed by atoms with van der Waals surface area (Å²) in [7, 11) is 0. The summed E-state index contributed by atoms with van der Waals surface area (Å²) >= 11 is 17.1. The van der Waals surface area contributed by atoms with Crippen molar-refractivity contribution in [3.05, 3.63) is 46.2 Å². The minimum atomic E-state index is -1.92. The molecule has 2 aromatic rings.